The third-order valence-electron chi connectivity index (χ3n) is 2.90. The standard InChI is InChI=1S/C14H15Br2NS/c1-17-14(5-4-13-3-2-6-18-13)10-7-11(15)9-12(16)8-10/h2-3,6-9,14,17H,4-5H2,1H3. The molecule has 2 rings (SSSR count). The zero-order valence-electron chi connectivity index (χ0n) is 10.1. The Balaban J connectivity index is 2.07. The molecular formula is C14H15Br2NS. The van der Waals surface area contributed by atoms with Crippen molar-refractivity contribution in [3.8, 4) is 0 Å². The first-order chi connectivity index (χ1) is 8.69. The molecule has 0 aliphatic carbocycles. The van der Waals surface area contributed by atoms with Gasteiger partial charge in [-0.3, -0.25) is 0 Å². The molecule has 96 valence electrons. The third-order valence-corrected chi connectivity index (χ3v) is 4.75. The van der Waals surface area contributed by atoms with Gasteiger partial charge in [0.2, 0.25) is 0 Å². The van der Waals surface area contributed by atoms with Crippen LogP contribution in [-0.4, -0.2) is 7.05 Å². The van der Waals surface area contributed by atoms with Crippen molar-refractivity contribution in [3.05, 3.63) is 55.1 Å². The lowest BCUT2D eigenvalue weighted by molar-refractivity contribution is 0.551. The van der Waals surface area contributed by atoms with E-state index in [0.29, 0.717) is 6.04 Å². The van der Waals surface area contributed by atoms with Gasteiger partial charge in [0.1, 0.15) is 0 Å². The van der Waals surface area contributed by atoms with Crippen LogP contribution in [0, 0.1) is 0 Å². The Hall–Kier alpha value is -0.160. The van der Waals surface area contributed by atoms with Crippen molar-refractivity contribution < 1.29 is 0 Å². The van der Waals surface area contributed by atoms with Gasteiger partial charge in [-0.1, -0.05) is 37.9 Å². The zero-order valence-corrected chi connectivity index (χ0v) is 14.1. The van der Waals surface area contributed by atoms with Crippen LogP contribution in [0.3, 0.4) is 0 Å². The Labute approximate surface area is 129 Å². The molecule has 1 aromatic carbocycles. The molecular weight excluding hydrogens is 374 g/mol. The smallest absolute Gasteiger partial charge is 0.0321 e. The SMILES string of the molecule is CNC(CCc1cccs1)c1cc(Br)cc(Br)c1. The summed E-state index contributed by atoms with van der Waals surface area (Å²) in [5.41, 5.74) is 1.32. The molecule has 1 aromatic heterocycles. The highest BCUT2D eigenvalue weighted by Crippen LogP contribution is 2.27. The number of thiophene rings is 1. The molecule has 1 N–H and O–H groups in total. The monoisotopic (exact) mass is 387 g/mol. The van der Waals surface area contributed by atoms with Gasteiger partial charge in [0.25, 0.3) is 0 Å². The molecule has 4 heteroatoms. The lowest BCUT2D eigenvalue weighted by atomic mass is 10.0. The Morgan fingerprint density at radius 2 is 1.94 bits per heavy atom. The quantitative estimate of drug-likeness (QED) is 0.745. The van der Waals surface area contributed by atoms with E-state index < -0.39 is 0 Å². The summed E-state index contributed by atoms with van der Waals surface area (Å²) >= 11 is 8.92. The number of nitrogens with one attached hydrogen (secondary N) is 1. The number of hydrogen-bond donors (Lipinski definition) is 1. The molecule has 0 bridgehead atoms. The summed E-state index contributed by atoms with van der Waals surface area (Å²) in [6, 6.07) is 11.1. The van der Waals surface area contributed by atoms with Crippen LogP contribution in [0.1, 0.15) is 22.9 Å². The van der Waals surface area contributed by atoms with Crippen molar-refractivity contribution in [1.82, 2.24) is 5.32 Å². The molecule has 18 heavy (non-hydrogen) atoms. The summed E-state index contributed by atoms with van der Waals surface area (Å²) in [5, 5.41) is 5.54. The second kappa shape index (κ2) is 6.85. The first kappa shape index (κ1) is 14.3. The van der Waals surface area contributed by atoms with E-state index in [4.69, 9.17) is 0 Å². The van der Waals surface area contributed by atoms with Crippen molar-refractivity contribution in [2.24, 2.45) is 0 Å². The molecule has 0 aliphatic heterocycles. The van der Waals surface area contributed by atoms with Crippen LogP contribution in [0.4, 0.5) is 0 Å². The minimum Gasteiger partial charge on any atom is -0.313 e. The molecule has 1 unspecified atom stereocenters. The van der Waals surface area contributed by atoms with Gasteiger partial charge in [0.15, 0.2) is 0 Å². The van der Waals surface area contributed by atoms with Crippen molar-refractivity contribution in [2.75, 3.05) is 7.05 Å². The number of halogens is 2. The van der Waals surface area contributed by atoms with Crippen LogP contribution < -0.4 is 5.32 Å². The maximum absolute atomic E-state index is 3.54. The minimum atomic E-state index is 0.390. The first-order valence-corrected chi connectivity index (χ1v) is 8.31. The zero-order chi connectivity index (χ0) is 13.0. The number of rotatable bonds is 5. The maximum Gasteiger partial charge on any atom is 0.0321 e. The van der Waals surface area contributed by atoms with Crippen LogP contribution in [-0.2, 0) is 6.42 Å². The van der Waals surface area contributed by atoms with E-state index in [1.54, 1.807) is 0 Å². The Kier molecular flexibility index (Phi) is 5.42. The predicted octanol–water partition coefficient (Wildman–Crippen LogP) is 5.17. The highest BCUT2D eigenvalue weighted by Gasteiger charge is 2.11. The first-order valence-electron chi connectivity index (χ1n) is 5.84. The molecule has 0 saturated heterocycles. The van der Waals surface area contributed by atoms with Crippen LogP contribution in [0.5, 0.6) is 0 Å². The summed E-state index contributed by atoms with van der Waals surface area (Å²) in [5.74, 6) is 0. The lowest BCUT2D eigenvalue weighted by Gasteiger charge is -2.17. The van der Waals surface area contributed by atoms with Gasteiger partial charge >= 0.3 is 0 Å². The van der Waals surface area contributed by atoms with Crippen molar-refractivity contribution in [3.63, 3.8) is 0 Å². The van der Waals surface area contributed by atoms with E-state index in [9.17, 15) is 0 Å². The van der Waals surface area contributed by atoms with Gasteiger partial charge in [-0.25, -0.2) is 0 Å². The fraction of sp³-hybridized carbons (Fsp3) is 0.286. The van der Waals surface area contributed by atoms with Crippen LogP contribution in [0.25, 0.3) is 0 Å². The summed E-state index contributed by atoms with van der Waals surface area (Å²) < 4.78 is 2.23. The summed E-state index contributed by atoms with van der Waals surface area (Å²) in [7, 11) is 2.02. The van der Waals surface area contributed by atoms with E-state index in [1.807, 2.05) is 18.4 Å². The lowest BCUT2D eigenvalue weighted by Crippen LogP contribution is -2.17. The van der Waals surface area contributed by atoms with E-state index >= 15 is 0 Å². The Morgan fingerprint density at radius 3 is 2.50 bits per heavy atom. The molecule has 0 fully saturated rings. The molecule has 1 heterocycles. The second-order valence-corrected chi connectivity index (χ2v) is 7.03. The molecule has 0 radical (unpaired) electrons. The Bertz CT molecular complexity index is 476. The van der Waals surface area contributed by atoms with Gasteiger partial charge in [-0.15, -0.1) is 11.3 Å². The topological polar surface area (TPSA) is 12.0 Å². The van der Waals surface area contributed by atoms with Gasteiger partial charge in [0.05, 0.1) is 0 Å². The minimum absolute atomic E-state index is 0.390. The van der Waals surface area contributed by atoms with Crippen LogP contribution in [0.15, 0.2) is 44.7 Å². The molecule has 0 amide bonds. The van der Waals surface area contributed by atoms with Gasteiger partial charge < -0.3 is 5.32 Å². The van der Waals surface area contributed by atoms with E-state index in [2.05, 4.69) is 72.9 Å². The summed E-state index contributed by atoms with van der Waals surface area (Å²) in [6.07, 6.45) is 2.23. The average molecular weight is 389 g/mol. The Morgan fingerprint density at radius 1 is 1.22 bits per heavy atom. The van der Waals surface area contributed by atoms with E-state index in [0.717, 1.165) is 21.8 Å². The second-order valence-electron chi connectivity index (χ2n) is 4.16. The summed E-state index contributed by atoms with van der Waals surface area (Å²) in [6.45, 7) is 0. The highest BCUT2D eigenvalue weighted by atomic mass is 79.9. The molecule has 1 nitrogen and oxygen atoms in total. The fourth-order valence-corrected chi connectivity index (χ4v) is 4.05. The van der Waals surface area contributed by atoms with E-state index in [-0.39, 0.29) is 0 Å². The highest BCUT2D eigenvalue weighted by molar-refractivity contribution is 9.11. The van der Waals surface area contributed by atoms with Crippen molar-refractivity contribution >= 4 is 43.2 Å². The third kappa shape index (κ3) is 3.92. The van der Waals surface area contributed by atoms with Gasteiger partial charge in [-0.2, -0.15) is 0 Å². The molecule has 2 aromatic rings. The van der Waals surface area contributed by atoms with Crippen LogP contribution in [0.2, 0.25) is 0 Å². The maximum atomic E-state index is 3.54. The molecule has 0 spiro atoms. The molecule has 0 saturated carbocycles. The fourth-order valence-electron chi connectivity index (χ4n) is 2.00. The summed E-state index contributed by atoms with van der Waals surface area (Å²) in [4.78, 5) is 1.45. The van der Waals surface area contributed by atoms with Crippen LogP contribution >= 0.6 is 43.2 Å². The normalized spacial score (nSPS) is 12.6. The average Bonchev–Trinajstić information content (AvgIpc) is 2.81. The largest absolute Gasteiger partial charge is 0.313 e. The number of aryl methyl sites for hydroxylation is 1. The van der Waals surface area contributed by atoms with Crippen molar-refractivity contribution in [1.29, 1.82) is 0 Å². The van der Waals surface area contributed by atoms with Crippen molar-refractivity contribution in [2.45, 2.75) is 18.9 Å². The van der Waals surface area contributed by atoms with Gasteiger partial charge in [-0.05, 0) is 55.1 Å². The molecule has 1 atom stereocenters. The van der Waals surface area contributed by atoms with Gasteiger partial charge in [0, 0.05) is 19.9 Å². The number of hydrogen-bond acceptors (Lipinski definition) is 2. The molecule has 0 aliphatic rings. The van der Waals surface area contributed by atoms with E-state index in [1.165, 1.54) is 10.4 Å². The number of benzene rings is 1. The predicted molar refractivity (Wildman–Crippen MR) is 86.3 cm³/mol.